The summed E-state index contributed by atoms with van der Waals surface area (Å²) in [7, 11) is 0. The standard InChI is InChI=1S/C13H17F3N2O2/c1-7-11(8(2)20-18-7)12(19)17-10-6-4-3-5-9(10)13(14,15)16/h9-10H,3-6H2,1-2H3,(H,17,19)/t9-,10-/m1/s1. The first-order valence-corrected chi connectivity index (χ1v) is 6.61. The fourth-order valence-electron chi connectivity index (χ4n) is 2.74. The highest BCUT2D eigenvalue weighted by molar-refractivity contribution is 5.96. The van der Waals surface area contributed by atoms with Crippen LogP contribution in [0.1, 0.15) is 47.5 Å². The lowest BCUT2D eigenvalue weighted by Crippen LogP contribution is -2.47. The molecule has 1 fully saturated rings. The monoisotopic (exact) mass is 290 g/mol. The van der Waals surface area contributed by atoms with Crippen LogP contribution in [0.4, 0.5) is 13.2 Å². The van der Waals surface area contributed by atoms with Crippen molar-refractivity contribution in [2.24, 2.45) is 5.92 Å². The second-order valence-corrected chi connectivity index (χ2v) is 5.21. The average molecular weight is 290 g/mol. The van der Waals surface area contributed by atoms with E-state index in [2.05, 4.69) is 10.5 Å². The van der Waals surface area contributed by atoms with E-state index in [0.717, 1.165) is 0 Å². The molecule has 0 spiro atoms. The third-order valence-corrected chi connectivity index (χ3v) is 3.76. The quantitative estimate of drug-likeness (QED) is 0.910. The average Bonchev–Trinajstić information content (AvgIpc) is 2.68. The zero-order valence-electron chi connectivity index (χ0n) is 11.4. The van der Waals surface area contributed by atoms with Gasteiger partial charge < -0.3 is 9.84 Å². The summed E-state index contributed by atoms with van der Waals surface area (Å²) in [6.07, 6.45) is -2.63. The van der Waals surface area contributed by atoms with Crippen LogP contribution in [0.2, 0.25) is 0 Å². The van der Waals surface area contributed by atoms with E-state index in [-0.39, 0.29) is 12.0 Å². The molecule has 0 saturated heterocycles. The van der Waals surface area contributed by atoms with Gasteiger partial charge in [0.2, 0.25) is 0 Å². The van der Waals surface area contributed by atoms with Crippen LogP contribution in [0.25, 0.3) is 0 Å². The number of carbonyl (C=O) groups is 1. The van der Waals surface area contributed by atoms with Crippen LogP contribution in [0, 0.1) is 19.8 Å². The van der Waals surface area contributed by atoms with Gasteiger partial charge in [0.15, 0.2) is 0 Å². The zero-order chi connectivity index (χ0) is 14.9. The smallest absolute Gasteiger partial charge is 0.361 e. The predicted molar refractivity (Wildman–Crippen MR) is 65.2 cm³/mol. The molecule has 0 bridgehead atoms. The largest absolute Gasteiger partial charge is 0.393 e. The summed E-state index contributed by atoms with van der Waals surface area (Å²) in [5.41, 5.74) is 0.621. The zero-order valence-corrected chi connectivity index (χ0v) is 11.4. The number of amides is 1. The summed E-state index contributed by atoms with van der Waals surface area (Å²) in [5.74, 6) is -1.69. The number of hydrogen-bond acceptors (Lipinski definition) is 3. The summed E-state index contributed by atoms with van der Waals surface area (Å²) in [4.78, 5) is 12.1. The number of alkyl halides is 3. The molecular weight excluding hydrogens is 273 g/mol. The Morgan fingerprint density at radius 3 is 2.50 bits per heavy atom. The molecular formula is C13H17F3N2O2. The molecule has 7 heteroatoms. The number of halogens is 3. The lowest BCUT2D eigenvalue weighted by molar-refractivity contribution is -0.187. The van der Waals surface area contributed by atoms with E-state index in [1.165, 1.54) is 0 Å². The molecule has 1 aromatic heterocycles. The van der Waals surface area contributed by atoms with Gasteiger partial charge >= 0.3 is 6.18 Å². The normalized spacial score (nSPS) is 23.6. The van der Waals surface area contributed by atoms with Crippen molar-refractivity contribution in [2.45, 2.75) is 51.7 Å². The Balaban J connectivity index is 2.13. The Kier molecular flexibility index (Phi) is 4.06. The van der Waals surface area contributed by atoms with E-state index >= 15 is 0 Å². The minimum atomic E-state index is -4.28. The molecule has 0 unspecified atom stereocenters. The van der Waals surface area contributed by atoms with Gasteiger partial charge in [-0.25, -0.2) is 0 Å². The van der Waals surface area contributed by atoms with E-state index in [9.17, 15) is 18.0 Å². The first kappa shape index (κ1) is 14.9. The lowest BCUT2D eigenvalue weighted by atomic mass is 9.84. The van der Waals surface area contributed by atoms with Crippen molar-refractivity contribution in [2.75, 3.05) is 0 Å². The van der Waals surface area contributed by atoms with Crippen molar-refractivity contribution in [3.05, 3.63) is 17.0 Å². The molecule has 1 aromatic rings. The van der Waals surface area contributed by atoms with Crippen molar-refractivity contribution >= 4 is 5.91 Å². The molecule has 1 aliphatic rings. The third-order valence-electron chi connectivity index (χ3n) is 3.76. The number of nitrogens with zero attached hydrogens (tertiary/aromatic N) is 1. The van der Waals surface area contributed by atoms with Crippen molar-refractivity contribution < 1.29 is 22.5 Å². The highest BCUT2D eigenvalue weighted by Crippen LogP contribution is 2.37. The van der Waals surface area contributed by atoms with Crippen LogP contribution < -0.4 is 5.32 Å². The van der Waals surface area contributed by atoms with Gasteiger partial charge in [0, 0.05) is 6.04 Å². The van der Waals surface area contributed by atoms with Crippen LogP contribution in [-0.4, -0.2) is 23.3 Å². The molecule has 0 aliphatic heterocycles. The number of hydrogen-bond donors (Lipinski definition) is 1. The summed E-state index contributed by atoms with van der Waals surface area (Å²) >= 11 is 0. The molecule has 2 rings (SSSR count). The molecule has 0 aromatic carbocycles. The molecule has 112 valence electrons. The molecule has 1 N–H and O–H groups in total. The van der Waals surface area contributed by atoms with Crippen molar-refractivity contribution in [1.29, 1.82) is 0 Å². The van der Waals surface area contributed by atoms with E-state index in [1.807, 2.05) is 0 Å². The second kappa shape index (κ2) is 5.46. The fourth-order valence-corrected chi connectivity index (χ4v) is 2.74. The van der Waals surface area contributed by atoms with E-state index in [1.54, 1.807) is 13.8 Å². The maximum Gasteiger partial charge on any atom is 0.393 e. The summed E-state index contributed by atoms with van der Waals surface area (Å²) < 4.78 is 43.7. The summed E-state index contributed by atoms with van der Waals surface area (Å²) in [5, 5.41) is 6.14. The van der Waals surface area contributed by atoms with Gasteiger partial charge in [-0.1, -0.05) is 18.0 Å². The minimum absolute atomic E-state index is 0.0655. The first-order chi connectivity index (χ1) is 9.30. The molecule has 1 aliphatic carbocycles. The van der Waals surface area contributed by atoms with Crippen LogP contribution in [-0.2, 0) is 0 Å². The number of rotatable bonds is 2. The van der Waals surface area contributed by atoms with Crippen molar-refractivity contribution in [1.82, 2.24) is 10.5 Å². The SMILES string of the molecule is Cc1noc(C)c1C(=O)N[C@@H]1CCCC[C@H]1C(F)(F)F. The fraction of sp³-hybridized carbons (Fsp3) is 0.692. The Morgan fingerprint density at radius 1 is 1.30 bits per heavy atom. The molecule has 0 radical (unpaired) electrons. The molecule has 4 nitrogen and oxygen atoms in total. The molecule has 2 atom stereocenters. The number of carbonyl (C=O) groups excluding carboxylic acids is 1. The molecule has 1 saturated carbocycles. The molecule has 20 heavy (non-hydrogen) atoms. The first-order valence-electron chi connectivity index (χ1n) is 6.61. The maximum absolute atomic E-state index is 13.0. The van der Waals surface area contributed by atoms with Gasteiger partial charge in [0.05, 0.1) is 11.6 Å². The van der Waals surface area contributed by atoms with Crippen LogP contribution in [0.15, 0.2) is 4.52 Å². The number of aryl methyl sites for hydroxylation is 2. The van der Waals surface area contributed by atoms with Gasteiger partial charge in [-0.15, -0.1) is 0 Å². The Bertz CT molecular complexity index is 477. The minimum Gasteiger partial charge on any atom is -0.361 e. The Morgan fingerprint density at radius 2 is 1.95 bits per heavy atom. The van der Waals surface area contributed by atoms with Gasteiger partial charge in [0.25, 0.3) is 5.91 Å². The number of nitrogens with one attached hydrogen (secondary N) is 1. The third kappa shape index (κ3) is 2.96. The maximum atomic E-state index is 13.0. The summed E-state index contributed by atoms with van der Waals surface area (Å²) in [6, 6.07) is -0.870. The van der Waals surface area contributed by atoms with Crippen molar-refractivity contribution in [3.8, 4) is 0 Å². The van der Waals surface area contributed by atoms with Crippen LogP contribution in [0.3, 0.4) is 0 Å². The Hall–Kier alpha value is -1.53. The second-order valence-electron chi connectivity index (χ2n) is 5.21. The van der Waals surface area contributed by atoms with Crippen LogP contribution >= 0.6 is 0 Å². The van der Waals surface area contributed by atoms with Gasteiger partial charge in [0.1, 0.15) is 11.3 Å². The summed E-state index contributed by atoms with van der Waals surface area (Å²) in [6.45, 7) is 3.16. The topological polar surface area (TPSA) is 55.1 Å². The van der Waals surface area contributed by atoms with E-state index in [4.69, 9.17) is 4.52 Å². The van der Waals surface area contributed by atoms with Gasteiger partial charge in [-0.2, -0.15) is 13.2 Å². The van der Waals surface area contributed by atoms with Crippen LogP contribution in [0.5, 0.6) is 0 Å². The number of aromatic nitrogens is 1. The predicted octanol–water partition coefficient (Wildman–Crippen LogP) is 3.14. The highest BCUT2D eigenvalue weighted by Gasteiger charge is 2.46. The van der Waals surface area contributed by atoms with E-state index < -0.39 is 24.0 Å². The van der Waals surface area contributed by atoms with E-state index in [0.29, 0.717) is 30.7 Å². The van der Waals surface area contributed by atoms with Gasteiger partial charge in [-0.3, -0.25) is 4.79 Å². The van der Waals surface area contributed by atoms with Gasteiger partial charge in [-0.05, 0) is 26.7 Å². The molecule has 1 amide bonds. The van der Waals surface area contributed by atoms with Crippen molar-refractivity contribution in [3.63, 3.8) is 0 Å². The molecule has 1 heterocycles. The lowest BCUT2D eigenvalue weighted by Gasteiger charge is -2.33. The highest BCUT2D eigenvalue weighted by atomic mass is 19.4. The Labute approximate surface area is 114 Å².